The highest BCUT2D eigenvalue weighted by Crippen LogP contribution is 2.32. The number of nitrogens with zero attached hydrogens (tertiary/aromatic N) is 2. The lowest BCUT2D eigenvalue weighted by molar-refractivity contribution is 0.367. The minimum atomic E-state index is 0.327. The van der Waals surface area contributed by atoms with Gasteiger partial charge in [-0.05, 0) is 25.2 Å². The summed E-state index contributed by atoms with van der Waals surface area (Å²) < 4.78 is 1.75. The standard InChI is InChI=1S/C18H26N2O/c1-12(2)10-16-17(15-8-6-14(5)7-9-15)19-20(18(16)21)11-13(3)4/h6-9,12-13,21H,10-11H2,1-5H3. The Kier molecular flexibility index (Phi) is 4.71. The molecular weight excluding hydrogens is 260 g/mol. The lowest BCUT2D eigenvalue weighted by Gasteiger charge is -2.07. The van der Waals surface area contributed by atoms with Gasteiger partial charge in [-0.25, -0.2) is 4.68 Å². The summed E-state index contributed by atoms with van der Waals surface area (Å²) in [5.74, 6) is 1.26. The quantitative estimate of drug-likeness (QED) is 0.883. The summed E-state index contributed by atoms with van der Waals surface area (Å²) in [4.78, 5) is 0. The number of hydrogen-bond acceptors (Lipinski definition) is 2. The Morgan fingerprint density at radius 2 is 1.67 bits per heavy atom. The van der Waals surface area contributed by atoms with Crippen LogP contribution in [0, 0.1) is 18.8 Å². The molecular formula is C18H26N2O. The number of benzene rings is 1. The SMILES string of the molecule is Cc1ccc(-c2nn(CC(C)C)c(O)c2CC(C)C)cc1. The number of aromatic hydroxyl groups is 1. The van der Waals surface area contributed by atoms with Crippen LogP contribution in [0.4, 0.5) is 0 Å². The highest BCUT2D eigenvalue weighted by Gasteiger charge is 2.19. The molecule has 3 nitrogen and oxygen atoms in total. The summed E-state index contributed by atoms with van der Waals surface area (Å²) in [6.45, 7) is 11.4. The van der Waals surface area contributed by atoms with Crippen LogP contribution in [0.5, 0.6) is 5.88 Å². The van der Waals surface area contributed by atoms with Crippen LogP contribution in [0.2, 0.25) is 0 Å². The Morgan fingerprint density at radius 3 is 2.19 bits per heavy atom. The third-order valence-electron chi connectivity index (χ3n) is 3.50. The van der Waals surface area contributed by atoms with Gasteiger partial charge in [-0.15, -0.1) is 0 Å². The van der Waals surface area contributed by atoms with Crippen LogP contribution < -0.4 is 0 Å². The largest absolute Gasteiger partial charge is 0.493 e. The summed E-state index contributed by atoms with van der Waals surface area (Å²) in [6, 6.07) is 8.35. The van der Waals surface area contributed by atoms with E-state index in [0.29, 0.717) is 17.7 Å². The molecule has 114 valence electrons. The maximum atomic E-state index is 10.5. The van der Waals surface area contributed by atoms with Crippen molar-refractivity contribution in [2.24, 2.45) is 11.8 Å². The van der Waals surface area contributed by atoms with E-state index in [1.165, 1.54) is 5.56 Å². The van der Waals surface area contributed by atoms with Crippen molar-refractivity contribution in [1.29, 1.82) is 0 Å². The van der Waals surface area contributed by atoms with Gasteiger partial charge >= 0.3 is 0 Å². The highest BCUT2D eigenvalue weighted by molar-refractivity contribution is 5.65. The monoisotopic (exact) mass is 286 g/mol. The zero-order valence-electron chi connectivity index (χ0n) is 13.7. The van der Waals surface area contributed by atoms with Gasteiger partial charge in [-0.2, -0.15) is 5.10 Å². The summed E-state index contributed by atoms with van der Waals surface area (Å²) >= 11 is 0. The van der Waals surface area contributed by atoms with E-state index in [1.807, 2.05) is 0 Å². The van der Waals surface area contributed by atoms with Crippen molar-refractivity contribution in [3.8, 4) is 17.1 Å². The van der Waals surface area contributed by atoms with Crippen LogP contribution >= 0.6 is 0 Å². The minimum Gasteiger partial charge on any atom is -0.493 e. The molecule has 0 aliphatic carbocycles. The maximum Gasteiger partial charge on any atom is 0.213 e. The van der Waals surface area contributed by atoms with Crippen molar-refractivity contribution in [3.63, 3.8) is 0 Å². The van der Waals surface area contributed by atoms with Gasteiger partial charge in [0.05, 0.1) is 5.69 Å². The minimum absolute atomic E-state index is 0.327. The molecule has 1 aromatic carbocycles. The van der Waals surface area contributed by atoms with Gasteiger partial charge in [0, 0.05) is 17.7 Å². The molecule has 2 rings (SSSR count). The van der Waals surface area contributed by atoms with Gasteiger partial charge < -0.3 is 5.11 Å². The molecule has 1 heterocycles. The number of hydrogen-bond donors (Lipinski definition) is 1. The van der Waals surface area contributed by atoms with E-state index in [4.69, 9.17) is 0 Å². The van der Waals surface area contributed by atoms with Crippen LogP contribution in [0.3, 0.4) is 0 Å². The average molecular weight is 286 g/mol. The Labute approximate surface area is 127 Å². The number of aromatic nitrogens is 2. The zero-order chi connectivity index (χ0) is 15.6. The molecule has 3 heteroatoms. The molecule has 0 aliphatic heterocycles. The lowest BCUT2D eigenvalue weighted by atomic mass is 9.99. The van der Waals surface area contributed by atoms with E-state index < -0.39 is 0 Å². The summed E-state index contributed by atoms with van der Waals surface area (Å²) in [6.07, 6.45) is 0.840. The van der Waals surface area contributed by atoms with Crippen molar-refractivity contribution < 1.29 is 5.11 Å². The van der Waals surface area contributed by atoms with Gasteiger partial charge in [0.25, 0.3) is 0 Å². The predicted molar refractivity (Wildman–Crippen MR) is 87.4 cm³/mol. The molecule has 2 aromatic rings. The van der Waals surface area contributed by atoms with E-state index in [2.05, 4.69) is 64.0 Å². The molecule has 1 aromatic heterocycles. The predicted octanol–water partition coefficient (Wildman–Crippen LogP) is 4.42. The molecule has 0 saturated heterocycles. The average Bonchev–Trinajstić information content (AvgIpc) is 2.68. The second-order valence-corrected chi connectivity index (χ2v) is 6.69. The topological polar surface area (TPSA) is 38.0 Å². The summed E-state index contributed by atoms with van der Waals surface area (Å²) in [5.41, 5.74) is 4.19. The molecule has 0 saturated carbocycles. The second kappa shape index (κ2) is 6.33. The fourth-order valence-corrected chi connectivity index (χ4v) is 2.50. The first-order valence-electron chi connectivity index (χ1n) is 7.74. The fraction of sp³-hybridized carbons (Fsp3) is 0.500. The van der Waals surface area contributed by atoms with Crippen molar-refractivity contribution in [2.75, 3.05) is 0 Å². The van der Waals surface area contributed by atoms with Gasteiger partial charge in [0.1, 0.15) is 0 Å². The van der Waals surface area contributed by atoms with Crippen molar-refractivity contribution in [1.82, 2.24) is 9.78 Å². The molecule has 0 amide bonds. The Bertz CT molecular complexity index is 594. The van der Waals surface area contributed by atoms with E-state index in [1.54, 1.807) is 4.68 Å². The van der Waals surface area contributed by atoms with Crippen LogP contribution in [-0.4, -0.2) is 14.9 Å². The van der Waals surface area contributed by atoms with E-state index >= 15 is 0 Å². The number of rotatable bonds is 5. The van der Waals surface area contributed by atoms with E-state index in [0.717, 1.165) is 29.8 Å². The Morgan fingerprint density at radius 1 is 1.05 bits per heavy atom. The molecule has 0 aliphatic rings. The zero-order valence-corrected chi connectivity index (χ0v) is 13.7. The maximum absolute atomic E-state index is 10.5. The van der Waals surface area contributed by atoms with Crippen LogP contribution in [-0.2, 0) is 13.0 Å². The first-order valence-corrected chi connectivity index (χ1v) is 7.74. The molecule has 21 heavy (non-hydrogen) atoms. The van der Waals surface area contributed by atoms with Gasteiger partial charge in [-0.3, -0.25) is 0 Å². The molecule has 1 N–H and O–H groups in total. The summed E-state index contributed by atoms with van der Waals surface area (Å²) in [5, 5.41) is 15.2. The molecule has 0 atom stereocenters. The first-order chi connectivity index (χ1) is 9.88. The van der Waals surface area contributed by atoms with Crippen LogP contribution in [0.15, 0.2) is 24.3 Å². The van der Waals surface area contributed by atoms with Crippen molar-refractivity contribution in [2.45, 2.75) is 47.6 Å². The van der Waals surface area contributed by atoms with Gasteiger partial charge in [0.15, 0.2) is 0 Å². The highest BCUT2D eigenvalue weighted by atomic mass is 16.3. The lowest BCUT2D eigenvalue weighted by Crippen LogP contribution is -2.05. The molecule has 0 unspecified atom stereocenters. The van der Waals surface area contributed by atoms with Gasteiger partial charge in [-0.1, -0.05) is 57.5 Å². The Balaban J connectivity index is 2.49. The second-order valence-electron chi connectivity index (χ2n) is 6.69. The van der Waals surface area contributed by atoms with E-state index in [9.17, 15) is 5.11 Å². The number of aryl methyl sites for hydroxylation is 1. The van der Waals surface area contributed by atoms with Crippen molar-refractivity contribution >= 4 is 0 Å². The molecule has 0 fully saturated rings. The Hall–Kier alpha value is -1.77. The third kappa shape index (κ3) is 3.66. The van der Waals surface area contributed by atoms with Crippen LogP contribution in [0.25, 0.3) is 11.3 Å². The molecule has 0 bridgehead atoms. The fourth-order valence-electron chi connectivity index (χ4n) is 2.50. The third-order valence-corrected chi connectivity index (χ3v) is 3.50. The van der Waals surface area contributed by atoms with Gasteiger partial charge in [0.2, 0.25) is 5.88 Å². The van der Waals surface area contributed by atoms with E-state index in [-0.39, 0.29) is 0 Å². The normalized spacial score (nSPS) is 11.6. The summed E-state index contributed by atoms with van der Waals surface area (Å²) in [7, 11) is 0. The first kappa shape index (κ1) is 15.6. The van der Waals surface area contributed by atoms with Crippen LogP contribution in [0.1, 0.15) is 38.8 Å². The smallest absolute Gasteiger partial charge is 0.213 e. The van der Waals surface area contributed by atoms with Crippen molar-refractivity contribution in [3.05, 3.63) is 35.4 Å². The molecule has 0 spiro atoms. The molecule has 0 radical (unpaired) electrons.